The molecule has 0 saturated carbocycles. The van der Waals surface area contributed by atoms with Crippen LogP contribution in [0.1, 0.15) is 23.2 Å². The van der Waals surface area contributed by atoms with Crippen LogP contribution in [0.2, 0.25) is 0 Å². The summed E-state index contributed by atoms with van der Waals surface area (Å²) < 4.78 is 11.6. The average Bonchev–Trinajstić information content (AvgIpc) is 2.74. The molecular formula is C21H23IN2O4. The molecule has 2 aromatic rings. The molecule has 1 saturated heterocycles. The first-order chi connectivity index (χ1) is 13.5. The van der Waals surface area contributed by atoms with E-state index in [-0.39, 0.29) is 17.7 Å². The van der Waals surface area contributed by atoms with Crippen LogP contribution in [0.25, 0.3) is 0 Å². The lowest BCUT2D eigenvalue weighted by atomic mass is 9.95. The monoisotopic (exact) mass is 494 g/mol. The second kappa shape index (κ2) is 9.27. The summed E-state index contributed by atoms with van der Waals surface area (Å²) in [6.07, 6.45) is 1.30. The third kappa shape index (κ3) is 4.76. The van der Waals surface area contributed by atoms with Crippen LogP contribution < -0.4 is 14.8 Å². The van der Waals surface area contributed by atoms with Gasteiger partial charge in [-0.25, -0.2) is 0 Å². The van der Waals surface area contributed by atoms with Gasteiger partial charge in [0.2, 0.25) is 5.91 Å². The highest BCUT2D eigenvalue weighted by Crippen LogP contribution is 2.29. The van der Waals surface area contributed by atoms with E-state index in [0.29, 0.717) is 43.0 Å². The zero-order valence-electron chi connectivity index (χ0n) is 15.9. The zero-order chi connectivity index (χ0) is 20.1. The van der Waals surface area contributed by atoms with Crippen LogP contribution in [-0.2, 0) is 4.79 Å². The fourth-order valence-corrected chi connectivity index (χ4v) is 3.63. The maximum Gasteiger partial charge on any atom is 0.253 e. The SMILES string of the molecule is COc1ccc(C(=O)N2CCC(C(=O)Nc3ccc(I)cc3)CC2)cc1OC. The Balaban J connectivity index is 1.58. The summed E-state index contributed by atoms with van der Waals surface area (Å²) in [6.45, 7) is 1.11. The van der Waals surface area contributed by atoms with Crippen molar-refractivity contribution >= 4 is 40.1 Å². The standard InChI is InChI=1S/C21H23IN2O4/c1-27-18-8-3-15(13-19(18)28-2)21(26)24-11-9-14(10-12-24)20(25)23-17-6-4-16(22)5-7-17/h3-8,13-14H,9-12H2,1-2H3,(H,23,25). The van der Waals surface area contributed by atoms with E-state index in [2.05, 4.69) is 27.9 Å². The number of anilines is 1. The topological polar surface area (TPSA) is 67.9 Å². The first-order valence-electron chi connectivity index (χ1n) is 9.09. The van der Waals surface area contributed by atoms with E-state index in [4.69, 9.17) is 9.47 Å². The smallest absolute Gasteiger partial charge is 0.253 e. The number of nitrogens with zero attached hydrogens (tertiary/aromatic N) is 1. The molecular weight excluding hydrogens is 471 g/mol. The number of amides is 2. The van der Waals surface area contributed by atoms with Gasteiger partial charge in [0, 0.05) is 33.8 Å². The van der Waals surface area contributed by atoms with Crippen molar-refractivity contribution in [1.29, 1.82) is 0 Å². The highest BCUT2D eigenvalue weighted by molar-refractivity contribution is 14.1. The van der Waals surface area contributed by atoms with Gasteiger partial charge in [0.25, 0.3) is 5.91 Å². The van der Waals surface area contributed by atoms with Crippen molar-refractivity contribution in [1.82, 2.24) is 4.90 Å². The number of carbonyl (C=O) groups is 2. The fraction of sp³-hybridized carbons (Fsp3) is 0.333. The van der Waals surface area contributed by atoms with Gasteiger partial charge in [-0.15, -0.1) is 0 Å². The number of likely N-dealkylation sites (tertiary alicyclic amines) is 1. The largest absolute Gasteiger partial charge is 0.493 e. The Morgan fingerprint density at radius 2 is 1.64 bits per heavy atom. The molecule has 0 aromatic heterocycles. The van der Waals surface area contributed by atoms with Crippen LogP contribution in [0.3, 0.4) is 0 Å². The Kier molecular flexibility index (Phi) is 6.77. The molecule has 1 aliphatic heterocycles. The molecule has 6 nitrogen and oxygen atoms in total. The fourth-order valence-electron chi connectivity index (χ4n) is 3.27. The second-order valence-corrected chi connectivity index (χ2v) is 7.88. The van der Waals surface area contributed by atoms with Gasteiger partial charge in [-0.2, -0.15) is 0 Å². The van der Waals surface area contributed by atoms with Crippen LogP contribution in [0.4, 0.5) is 5.69 Å². The van der Waals surface area contributed by atoms with E-state index in [0.717, 1.165) is 9.26 Å². The molecule has 3 rings (SSSR count). The van der Waals surface area contributed by atoms with Crippen molar-refractivity contribution in [3.05, 3.63) is 51.6 Å². The van der Waals surface area contributed by atoms with Gasteiger partial charge in [-0.1, -0.05) is 0 Å². The van der Waals surface area contributed by atoms with Gasteiger partial charge in [-0.05, 0) is 77.9 Å². The summed E-state index contributed by atoms with van der Waals surface area (Å²) in [7, 11) is 3.11. The van der Waals surface area contributed by atoms with E-state index in [1.165, 1.54) is 0 Å². The first-order valence-corrected chi connectivity index (χ1v) is 10.2. The van der Waals surface area contributed by atoms with E-state index in [9.17, 15) is 9.59 Å². The molecule has 148 valence electrons. The van der Waals surface area contributed by atoms with Crippen molar-refractivity contribution in [3.8, 4) is 11.5 Å². The highest BCUT2D eigenvalue weighted by Gasteiger charge is 2.28. The van der Waals surface area contributed by atoms with Gasteiger partial charge in [0.05, 0.1) is 14.2 Å². The zero-order valence-corrected chi connectivity index (χ0v) is 18.1. The second-order valence-electron chi connectivity index (χ2n) is 6.63. The maximum atomic E-state index is 12.8. The Morgan fingerprint density at radius 1 is 1.00 bits per heavy atom. The number of ether oxygens (including phenoxy) is 2. The molecule has 2 amide bonds. The number of hydrogen-bond acceptors (Lipinski definition) is 4. The van der Waals surface area contributed by atoms with Crippen molar-refractivity contribution < 1.29 is 19.1 Å². The molecule has 1 heterocycles. The normalized spacial score (nSPS) is 14.5. The minimum Gasteiger partial charge on any atom is -0.493 e. The molecule has 0 atom stereocenters. The molecule has 1 aliphatic rings. The molecule has 1 fully saturated rings. The number of rotatable bonds is 5. The third-order valence-electron chi connectivity index (χ3n) is 4.90. The Labute approximate surface area is 178 Å². The number of nitrogens with one attached hydrogen (secondary N) is 1. The summed E-state index contributed by atoms with van der Waals surface area (Å²) in [6, 6.07) is 12.9. The maximum absolute atomic E-state index is 12.8. The van der Waals surface area contributed by atoms with Crippen molar-refractivity contribution in [3.63, 3.8) is 0 Å². The number of hydrogen-bond donors (Lipinski definition) is 1. The van der Waals surface area contributed by atoms with Gasteiger partial charge >= 0.3 is 0 Å². The minimum atomic E-state index is -0.0891. The Hall–Kier alpha value is -2.29. The number of methoxy groups -OCH3 is 2. The van der Waals surface area contributed by atoms with Crippen molar-refractivity contribution in [2.45, 2.75) is 12.8 Å². The average molecular weight is 494 g/mol. The predicted octanol–water partition coefficient (Wildman–Crippen LogP) is 3.80. The summed E-state index contributed by atoms with van der Waals surface area (Å²) in [5.41, 5.74) is 1.36. The first kappa shape index (κ1) is 20.4. The number of benzene rings is 2. The molecule has 0 spiro atoms. The van der Waals surface area contributed by atoms with E-state index in [1.807, 2.05) is 24.3 Å². The minimum absolute atomic E-state index is 0.0134. The van der Waals surface area contributed by atoms with E-state index >= 15 is 0 Å². The van der Waals surface area contributed by atoms with Crippen LogP contribution in [-0.4, -0.2) is 44.0 Å². The summed E-state index contributed by atoms with van der Waals surface area (Å²) >= 11 is 2.23. The lowest BCUT2D eigenvalue weighted by molar-refractivity contribution is -0.121. The lowest BCUT2D eigenvalue weighted by Crippen LogP contribution is -2.41. The van der Waals surface area contributed by atoms with Gasteiger partial charge in [-0.3, -0.25) is 9.59 Å². The van der Waals surface area contributed by atoms with Crippen LogP contribution in [0.5, 0.6) is 11.5 Å². The lowest BCUT2D eigenvalue weighted by Gasteiger charge is -2.31. The van der Waals surface area contributed by atoms with E-state index in [1.54, 1.807) is 37.3 Å². The van der Waals surface area contributed by atoms with Crippen LogP contribution in [0, 0.1) is 9.49 Å². The molecule has 0 radical (unpaired) electrons. The van der Waals surface area contributed by atoms with Gasteiger partial charge in [0.1, 0.15) is 0 Å². The molecule has 1 N–H and O–H groups in total. The van der Waals surface area contributed by atoms with Crippen LogP contribution >= 0.6 is 22.6 Å². The summed E-state index contributed by atoms with van der Waals surface area (Å²) in [4.78, 5) is 27.1. The molecule has 0 aliphatic carbocycles. The number of halogens is 1. The quantitative estimate of drug-likeness (QED) is 0.643. The predicted molar refractivity (Wildman–Crippen MR) is 116 cm³/mol. The van der Waals surface area contributed by atoms with Gasteiger partial charge < -0.3 is 19.7 Å². The molecule has 2 aromatic carbocycles. The summed E-state index contributed by atoms with van der Waals surface area (Å²) in [5.74, 6) is 0.982. The van der Waals surface area contributed by atoms with E-state index < -0.39 is 0 Å². The number of piperidine rings is 1. The molecule has 7 heteroatoms. The summed E-state index contributed by atoms with van der Waals surface area (Å²) in [5, 5.41) is 2.97. The van der Waals surface area contributed by atoms with Gasteiger partial charge in [0.15, 0.2) is 11.5 Å². The third-order valence-corrected chi connectivity index (χ3v) is 5.61. The Morgan fingerprint density at radius 3 is 2.25 bits per heavy atom. The molecule has 0 unspecified atom stereocenters. The molecule has 0 bridgehead atoms. The highest BCUT2D eigenvalue weighted by atomic mass is 127. The number of carbonyl (C=O) groups excluding carboxylic acids is 2. The van der Waals surface area contributed by atoms with Crippen LogP contribution in [0.15, 0.2) is 42.5 Å². The molecule has 28 heavy (non-hydrogen) atoms. The van der Waals surface area contributed by atoms with Crippen molar-refractivity contribution in [2.24, 2.45) is 5.92 Å². The van der Waals surface area contributed by atoms with Crippen molar-refractivity contribution in [2.75, 3.05) is 32.6 Å². The Bertz CT molecular complexity index is 846.